The summed E-state index contributed by atoms with van der Waals surface area (Å²) in [6.07, 6.45) is 2.77. The molecule has 0 fully saturated rings. The van der Waals surface area contributed by atoms with Gasteiger partial charge in [0, 0.05) is 19.3 Å². The van der Waals surface area contributed by atoms with Gasteiger partial charge >= 0.3 is 0 Å². The highest BCUT2D eigenvalue weighted by atomic mass is 32.2. The number of sulfone groups is 1. The summed E-state index contributed by atoms with van der Waals surface area (Å²) in [6, 6.07) is 10.4. The zero-order valence-corrected chi connectivity index (χ0v) is 15.8. The fourth-order valence-corrected chi connectivity index (χ4v) is 3.07. The Morgan fingerprint density at radius 3 is 2.32 bits per heavy atom. The van der Waals surface area contributed by atoms with E-state index < -0.39 is 9.84 Å². The summed E-state index contributed by atoms with van der Waals surface area (Å²) in [6.45, 7) is 2.67. The van der Waals surface area contributed by atoms with Crippen LogP contribution in [-0.4, -0.2) is 51.0 Å². The van der Waals surface area contributed by atoms with Crippen LogP contribution in [0.15, 0.2) is 52.0 Å². The van der Waals surface area contributed by atoms with Gasteiger partial charge in [0.1, 0.15) is 5.76 Å². The first-order chi connectivity index (χ1) is 11.7. The molecule has 0 N–H and O–H groups in total. The lowest BCUT2D eigenvalue weighted by Crippen LogP contribution is -2.37. The van der Waals surface area contributed by atoms with Gasteiger partial charge in [-0.3, -0.25) is 9.69 Å². The van der Waals surface area contributed by atoms with Crippen molar-refractivity contribution in [2.45, 2.75) is 24.4 Å². The Morgan fingerprint density at radius 2 is 1.80 bits per heavy atom. The molecule has 0 aliphatic rings. The number of furan rings is 1. The first kappa shape index (κ1) is 19.2. The summed E-state index contributed by atoms with van der Waals surface area (Å²) in [5.41, 5.74) is 0.955. The number of rotatable bonds is 7. The van der Waals surface area contributed by atoms with Crippen molar-refractivity contribution >= 4 is 15.7 Å². The van der Waals surface area contributed by atoms with Crippen molar-refractivity contribution in [2.75, 3.05) is 26.9 Å². The first-order valence-corrected chi connectivity index (χ1v) is 9.84. The van der Waals surface area contributed by atoms with Crippen LogP contribution in [0.25, 0.3) is 0 Å². The summed E-state index contributed by atoms with van der Waals surface area (Å²) in [4.78, 5) is 16.2. The molecule has 2 aromatic rings. The quantitative estimate of drug-likeness (QED) is 0.754. The van der Waals surface area contributed by atoms with Crippen LogP contribution in [0.5, 0.6) is 0 Å². The molecule has 0 saturated carbocycles. The maximum atomic E-state index is 12.4. The highest BCUT2D eigenvalue weighted by molar-refractivity contribution is 7.90. The van der Waals surface area contributed by atoms with E-state index in [0.29, 0.717) is 11.4 Å². The molecule has 6 nitrogen and oxygen atoms in total. The molecule has 2 rings (SSSR count). The van der Waals surface area contributed by atoms with Gasteiger partial charge in [0.05, 0.1) is 24.2 Å². The van der Waals surface area contributed by atoms with E-state index in [0.717, 1.165) is 11.3 Å². The second kappa shape index (κ2) is 7.84. The smallest absolute Gasteiger partial charge is 0.236 e. The number of hydrogen-bond donors (Lipinski definition) is 0. The van der Waals surface area contributed by atoms with Gasteiger partial charge in [0.25, 0.3) is 0 Å². The van der Waals surface area contributed by atoms with E-state index in [-0.39, 0.29) is 18.5 Å². The van der Waals surface area contributed by atoms with Gasteiger partial charge in [0.15, 0.2) is 9.84 Å². The molecule has 1 unspecified atom stereocenters. The summed E-state index contributed by atoms with van der Waals surface area (Å²) in [5, 5.41) is 0. The molecule has 1 heterocycles. The van der Waals surface area contributed by atoms with Gasteiger partial charge in [-0.05, 0) is 43.8 Å². The lowest BCUT2D eigenvalue weighted by Gasteiger charge is -2.27. The van der Waals surface area contributed by atoms with Crippen LogP contribution in [0.2, 0.25) is 0 Å². The molecule has 1 atom stereocenters. The Balaban J connectivity index is 1.97. The molecule has 0 aliphatic heterocycles. The third-order valence-corrected chi connectivity index (χ3v) is 5.36. The van der Waals surface area contributed by atoms with Crippen molar-refractivity contribution in [3.8, 4) is 0 Å². The molecular formula is C18H24N2O4S. The highest BCUT2D eigenvalue weighted by Crippen LogP contribution is 2.20. The van der Waals surface area contributed by atoms with E-state index in [2.05, 4.69) is 0 Å². The number of carbonyl (C=O) groups excluding carboxylic acids is 1. The van der Waals surface area contributed by atoms with Crippen LogP contribution in [0, 0.1) is 0 Å². The molecule has 0 spiro atoms. The number of carbonyl (C=O) groups is 1. The SMILES string of the molecule is CC(c1ccc(S(C)(=O)=O)cc1)N(C)CC(=O)N(C)Cc1ccco1. The van der Waals surface area contributed by atoms with Crippen LogP contribution in [-0.2, 0) is 21.2 Å². The van der Waals surface area contributed by atoms with Crippen molar-refractivity contribution in [3.05, 3.63) is 54.0 Å². The zero-order chi connectivity index (χ0) is 18.6. The molecule has 136 valence electrons. The van der Waals surface area contributed by atoms with Crippen molar-refractivity contribution < 1.29 is 17.6 Å². The third-order valence-electron chi connectivity index (χ3n) is 4.24. The van der Waals surface area contributed by atoms with E-state index >= 15 is 0 Å². The van der Waals surface area contributed by atoms with Crippen LogP contribution in [0.3, 0.4) is 0 Å². The standard InChI is InChI=1S/C18H24N2O4S/c1-14(15-7-9-17(10-8-15)25(4,22)23)19(2)13-18(21)20(3)12-16-6-5-11-24-16/h5-11,14H,12-13H2,1-4H3. The normalized spacial score (nSPS) is 13.0. The molecule has 7 heteroatoms. The average Bonchev–Trinajstić information content (AvgIpc) is 3.06. The monoisotopic (exact) mass is 364 g/mol. The van der Waals surface area contributed by atoms with E-state index in [9.17, 15) is 13.2 Å². The third kappa shape index (κ3) is 5.17. The minimum atomic E-state index is -3.20. The Labute approximate surface area is 149 Å². The van der Waals surface area contributed by atoms with Gasteiger partial charge in [-0.25, -0.2) is 8.42 Å². The second-order valence-electron chi connectivity index (χ2n) is 6.26. The average molecular weight is 364 g/mol. The van der Waals surface area contributed by atoms with Crippen LogP contribution in [0.4, 0.5) is 0 Å². The number of hydrogen-bond acceptors (Lipinski definition) is 5. The predicted molar refractivity (Wildman–Crippen MR) is 95.8 cm³/mol. The highest BCUT2D eigenvalue weighted by Gasteiger charge is 2.18. The molecule has 0 bridgehead atoms. The van der Waals surface area contributed by atoms with E-state index in [1.54, 1.807) is 48.5 Å². The molecular weight excluding hydrogens is 340 g/mol. The van der Waals surface area contributed by atoms with E-state index in [1.807, 2.05) is 24.9 Å². The maximum Gasteiger partial charge on any atom is 0.236 e. The number of likely N-dealkylation sites (N-methyl/N-ethyl adjacent to an activating group) is 2. The summed E-state index contributed by atoms with van der Waals surface area (Å²) in [5.74, 6) is 0.724. The van der Waals surface area contributed by atoms with E-state index in [1.165, 1.54) is 6.26 Å². The van der Waals surface area contributed by atoms with Gasteiger partial charge in [-0.1, -0.05) is 12.1 Å². The topological polar surface area (TPSA) is 70.8 Å². The molecule has 0 radical (unpaired) electrons. The van der Waals surface area contributed by atoms with Crippen LogP contribution in [0.1, 0.15) is 24.3 Å². The lowest BCUT2D eigenvalue weighted by atomic mass is 10.1. The maximum absolute atomic E-state index is 12.4. The number of amides is 1. The Morgan fingerprint density at radius 1 is 1.16 bits per heavy atom. The molecule has 0 aliphatic carbocycles. The largest absolute Gasteiger partial charge is 0.467 e. The van der Waals surface area contributed by atoms with E-state index in [4.69, 9.17) is 4.42 Å². The summed E-state index contributed by atoms with van der Waals surface area (Å²) in [7, 11) is 0.405. The molecule has 0 saturated heterocycles. The van der Waals surface area contributed by atoms with Gasteiger partial charge < -0.3 is 9.32 Å². The molecule has 1 aromatic carbocycles. The summed E-state index contributed by atoms with van der Waals surface area (Å²) < 4.78 is 28.3. The van der Waals surface area contributed by atoms with Crippen molar-refractivity contribution in [1.82, 2.24) is 9.80 Å². The summed E-state index contributed by atoms with van der Waals surface area (Å²) >= 11 is 0. The van der Waals surface area contributed by atoms with Crippen LogP contribution >= 0.6 is 0 Å². The van der Waals surface area contributed by atoms with Crippen molar-refractivity contribution in [2.24, 2.45) is 0 Å². The Bertz CT molecular complexity index is 798. The van der Waals surface area contributed by atoms with Gasteiger partial charge in [0.2, 0.25) is 5.91 Å². The number of benzene rings is 1. The fraction of sp³-hybridized carbons (Fsp3) is 0.389. The second-order valence-corrected chi connectivity index (χ2v) is 8.28. The Kier molecular flexibility index (Phi) is 6.02. The van der Waals surface area contributed by atoms with Gasteiger partial charge in [-0.2, -0.15) is 0 Å². The molecule has 1 aromatic heterocycles. The molecule has 1 amide bonds. The lowest BCUT2D eigenvalue weighted by molar-refractivity contribution is -0.132. The Hall–Kier alpha value is -2.12. The van der Waals surface area contributed by atoms with Crippen molar-refractivity contribution in [3.63, 3.8) is 0 Å². The molecule has 25 heavy (non-hydrogen) atoms. The minimum Gasteiger partial charge on any atom is -0.467 e. The minimum absolute atomic E-state index is 0.0153. The number of nitrogens with zero attached hydrogens (tertiary/aromatic N) is 2. The predicted octanol–water partition coefficient (Wildman–Crippen LogP) is 2.33. The zero-order valence-electron chi connectivity index (χ0n) is 15.0. The fourth-order valence-electron chi connectivity index (χ4n) is 2.44. The van der Waals surface area contributed by atoms with Crippen LogP contribution < -0.4 is 0 Å². The van der Waals surface area contributed by atoms with Crippen molar-refractivity contribution in [1.29, 1.82) is 0 Å². The van der Waals surface area contributed by atoms with Gasteiger partial charge in [-0.15, -0.1) is 0 Å². The first-order valence-electron chi connectivity index (χ1n) is 7.95.